The Bertz CT molecular complexity index is 269. The van der Waals surface area contributed by atoms with Crippen molar-refractivity contribution in [3.63, 3.8) is 0 Å². The van der Waals surface area contributed by atoms with E-state index in [1.54, 1.807) is 0 Å². The van der Waals surface area contributed by atoms with Gasteiger partial charge in [-0.2, -0.15) is 0 Å². The Morgan fingerprint density at radius 1 is 1.24 bits per heavy atom. The molecule has 2 aliphatic rings. The number of esters is 1. The lowest BCUT2D eigenvalue weighted by Gasteiger charge is -2.40. The van der Waals surface area contributed by atoms with Crippen molar-refractivity contribution in [1.29, 1.82) is 0 Å². The zero-order chi connectivity index (χ0) is 12.4. The summed E-state index contributed by atoms with van der Waals surface area (Å²) in [5, 5.41) is 2.27. The second kappa shape index (κ2) is 5.36. The molecule has 1 aliphatic carbocycles. The van der Waals surface area contributed by atoms with Crippen molar-refractivity contribution in [3.8, 4) is 0 Å². The molecule has 0 amide bonds. The minimum atomic E-state index is -0.136. The van der Waals surface area contributed by atoms with Gasteiger partial charge in [-0.05, 0) is 45.4 Å². The van der Waals surface area contributed by atoms with Gasteiger partial charge in [0.05, 0.1) is 7.11 Å². The standard InChI is InChI=1S/C13H24N2O2/c1-9-5-4-6-10(2)15(9)14-12(11-7-8-11)13(16)17-3/h9-12,14H,4-8H2,1-3H3. The van der Waals surface area contributed by atoms with Crippen molar-refractivity contribution in [1.82, 2.24) is 10.4 Å². The van der Waals surface area contributed by atoms with Gasteiger partial charge in [0.15, 0.2) is 0 Å². The highest BCUT2D eigenvalue weighted by atomic mass is 16.5. The summed E-state index contributed by atoms with van der Waals surface area (Å²) in [7, 11) is 1.47. The van der Waals surface area contributed by atoms with Gasteiger partial charge in [0.2, 0.25) is 0 Å². The van der Waals surface area contributed by atoms with E-state index in [0.29, 0.717) is 18.0 Å². The molecule has 3 atom stereocenters. The van der Waals surface area contributed by atoms with Crippen molar-refractivity contribution < 1.29 is 9.53 Å². The molecular weight excluding hydrogens is 216 g/mol. The Kier molecular flexibility index (Phi) is 4.05. The molecule has 2 fully saturated rings. The Morgan fingerprint density at radius 2 is 1.82 bits per heavy atom. The highest BCUT2D eigenvalue weighted by molar-refractivity contribution is 5.76. The van der Waals surface area contributed by atoms with Crippen LogP contribution < -0.4 is 5.43 Å². The number of carbonyl (C=O) groups excluding carboxylic acids is 1. The molecule has 0 spiro atoms. The molecule has 0 aromatic carbocycles. The molecule has 1 aliphatic heterocycles. The Hall–Kier alpha value is -0.610. The number of hydrogen-bond acceptors (Lipinski definition) is 4. The number of piperidine rings is 1. The maximum atomic E-state index is 11.8. The first-order chi connectivity index (χ1) is 8.13. The molecule has 2 rings (SSSR count). The van der Waals surface area contributed by atoms with Crippen molar-refractivity contribution in [2.45, 2.75) is 64.1 Å². The van der Waals surface area contributed by atoms with Crippen LogP contribution in [0.25, 0.3) is 0 Å². The number of nitrogens with zero attached hydrogens (tertiary/aromatic N) is 1. The first kappa shape index (κ1) is 12.8. The number of nitrogens with one attached hydrogen (secondary N) is 1. The highest BCUT2D eigenvalue weighted by Crippen LogP contribution is 2.34. The molecule has 0 aromatic heterocycles. The van der Waals surface area contributed by atoms with Crippen LogP contribution in [0.3, 0.4) is 0 Å². The topological polar surface area (TPSA) is 41.6 Å². The van der Waals surface area contributed by atoms with Gasteiger partial charge in [-0.1, -0.05) is 6.42 Å². The lowest BCUT2D eigenvalue weighted by molar-refractivity contribution is -0.146. The van der Waals surface area contributed by atoms with Gasteiger partial charge in [-0.3, -0.25) is 4.79 Å². The summed E-state index contributed by atoms with van der Waals surface area (Å²) in [4.78, 5) is 11.8. The maximum absolute atomic E-state index is 11.8. The fourth-order valence-corrected chi connectivity index (χ4v) is 2.74. The molecular formula is C13H24N2O2. The molecule has 1 N–H and O–H groups in total. The van der Waals surface area contributed by atoms with Crippen LogP contribution in [0.5, 0.6) is 0 Å². The monoisotopic (exact) mass is 240 g/mol. The largest absolute Gasteiger partial charge is 0.468 e. The molecule has 1 heterocycles. The van der Waals surface area contributed by atoms with Crippen LogP contribution in [0.2, 0.25) is 0 Å². The highest BCUT2D eigenvalue weighted by Gasteiger charge is 2.39. The van der Waals surface area contributed by atoms with E-state index in [1.807, 2.05) is 0 Å². The third kappa shape index (κ3) is 2.99. The van der Waals surface area contributed by atoms with Gasteiger partial charge in [-0.25, -0.2) is 10.4 Å². The molecule has 3 unspecified atom stereocenters. The zero-order valence-electron chi connectivity index (χ0n) is 11.1. The predicted octanol–water partition coefficient (Wildman–Crippen LogP) is 1.71. The molecule has 0 radical (unpaired) electrons. The van der Waals surface area contributed by atoms with Crippen molar-refractivity contribution >= 4 is 5.97 Å². The fourth-order valence-electron chi connectivity index (χ4n) is 2.74. The summed E-state index contributed by atoms with van der Waals surface area (Å²) in [5.41, 5.74) is 3.43. The van der Waals surface area contributed by atoms with Gasteiger partial charge in [0.25, 0.3) is 0 Å². The van der Waals surface area contributed by atoms with Crippen LogP contribution in [0.1, 0.15) is 46.0 Å². The number of hydrazine groups is 1. The molecule has 1 saturated carbocycles. The molecule has 4 heteroatoms. The predicted molar refractivity (Wildman–Crippen MR) is 66.3 cm³/mol. The van der Waals surface area contributed by atoms with E-state index < -0.39 is 0 Å². The van der Waals surface area contributed by atoms with E-state index in [9.17, 15) is 4.79 Å². The van der Waals surface area contributed by atoms with Gasteiger partial charge in [-0.15, -0.1) is 0 Å². The second-order valence-corrected chi connectivity index (χ2v) is 5.50. The Morgan fingerprint density at radius 3 is 2.29 bits per heavy atom. The third-order valence-electron chi connectivity index (χ3n) is 4.03. The van der Waals surface area contributed by atoms with Crippen LogP contribution in [-0.4, -0.2) is 36.2 Å². The van der Waals surface area contributed by atoms with Crippen molar-refractivity contribution in [2.24, 2.45) is 5.92 Å². The van der Waals surface area contributed by atoms with E-state index >= 15 is 0 Å². The number of carbonyl (C=O) groups is 1. The summed E-state index contributed by atoms with van der Waals surface area (Å²) in [5.74, 6) is 0.362. The molecule has 98 valence electrons. The van der Waals surface area contributed by atoms with E-state index in [2.05, 4.69) is 24.3 Å². The van der Waals surface area contributed by atoms with Crippen LogP contribution >= 0.6 is 0 Å². The van der Waals surface area contributed by atoms with E-state index in [-0.39, 0.29) is 12.0 Å². The van der Waals surface area contributed by atoms with Crippen LogP contribution in [0.15, 0.2) is 0 Å². The number of methoxy groups -OCH3 is 1. The minimum absolute atomic E-state index is 0.113. The summed E-state index contributed by atoms with van der Waals surface area (Å²) in [6.45, 7) is 4.45. The quantitative estimate of drug-likeness (QED) is 0.760. The van der Waals surface area contributed by atoms with Crippen LogP contribution in [-0.2, 0) is 9.53 Å². The fraction of sp³-hybridized carbons (Fsp3) is 0.923. The molecule has 0 bridgehead atoms. The minimum Gasteiger partial charge on any atom is -0.468 e. The van der Waals surface area contributed by atoms with E-state index in [1.165, 1.54) is 26.4 Å². The Balaban J connectivity index is 1.98. The molecule has 1 saturated heterocycles. The first-order valence-corrected chi connectivity index (χ1v) is 6.75. The lowest BCUT2D eigenvalue weighted by Crippen LogP contribution is -2.58. The Labute approximate surface area is 104 Å². The lowest BCUT2D eigenvalue weighted by atomic mass is 9.99. The molecule has 0 aromatic rings. The second-order valence-electron chi connectivity index (χ2n) is 5.50. The SMILES string of the molecule is COC(=O)C(NN1C(C)CCCC1C)C1CC1. The number of ether oxygens (including phenoxy) is 1. The summed E-state index contributed by atoms with van der Waals surface area (Å²) in [6, 6.07) is 0.873. The average Bonchev–Trinajstić information content (AvgIpc) is 3.12. The van der Waals surface area contributed by atoms with Crippen molar-refractivity contribution in [3.05, 3.63) is 0 Å². The first-order valence-electron chi connectivity index (χ1n) is 6.75. The van der Waals surface area contributed by atoms with Gasteiger partial charge in [0, 0.05) is 12.1 Å². The van der Waals surface area contributed by atoms with E-state index in [0.717, 1.165) is 12.8 Å². The van der Waals surface area contributed by atoms with Gasteiger partial charge < -0.3 is 4.74 Å². The number of hydrogen-bond donors (Lipinski definition) is 1. The van der Waals surface area contributed by atoms with Gasteiger partial charge >= 0.3 is 5.97 Å². The molecule has 4 nitrogen and oxygen atoms in total. The zero-order valence-corrected chi connectivity index (χ0v) is 11.1. The number of rotatable bonds is 4. The molecule has 17 heavy (non-hydrogen) atoms. The third-order valence-corrected chi connectivity index (χ3v) is 4.03. The van der Waals surface area contributed by atoms with Crippen LogP contribution in [0.4, 0.5) is 0 Å². The van der Waals surface area contributed by atoms with Crippen molar-refractivity contribution in [2.75, 3.05) is 7.11 Å². The summed E-state index contributed by atoms with van der Waals surface area (Å²) < 4.78 is 4.90. The summed E-state index contributed by atoms with van der Waals surface area (Å²) in [6.07, 6.45) is 5.98. The van der Waals surface area contributed by atoms with Crippen LogP contribution in [0, 0.1) is 5.92 Å². The van der Waals surface area contributed by atoms with Gasteiger partial charge in [0.1, 0.15) is 6.04 Å². The average molecular weight is 240 g/mol. The van der Waals surface area contributed by atoms with E-state index in [4.69, 9.17) is 4.74 Å². The maximum Gasteiger partial charge on any atom is 0.324 e. The smallest absolute Gasteiger partial charge is 0.324 e. The normalized spacial score (nSPS) is 32.2. The summed E-state index contributed by atoms with van der Waals surface area (Å²) >= 11 is 0.